The average Bonchev–Trinajstić information content (AvgIpc) is 2.48. The summed E-state index contributed by atoms with van der Waals surface area (Å²) in [7, 11) is 0. The van der Waals surface area contributed by atoms with Gasteiger partial charge in [-0.1, -0.05) is 59.6 Å². The van der Waals surface area contributed by atoms with E-state index < -0.39 is 0 Å². The van der Waals surface area contributed by atoms with Gasteiger partial charge in [-0.2, -0.15) is 0 Å². The molecule has 0 unspecified atom stereocenters. The second kappa shape index (κ2) is 6.44. The van der Waals surface area contributed by atoms with Crippen molar-refractivity contribution in [3.05, 3.63) is 69.7 Å². The predicted molar refractivity (Wildman–Crippen MR) is 82.7 cm³/mol. The number of carbonyl (C=O) groups excluding carboxylic acids is 1. The number of hydrogen-bond donors (Lipinski definition) is 1. The molecule has 0 aromatic heterocycles. The molecule has 0 radical (unpaired) electrons. The predicted octanol–water partition coefficient (Wildman–Crippen LogP) is 4.63. The molecule has 0 atom stereocenters. The smallest absolute Gasteiger partial charge is 0.135 e. The van der Waals surface area contributed by atoms with Crippen molar-refractivity contribution in [1.29, 1.82) is 0 Å². The Labute approximate surface area is 126 Å². The summed E-state index contributed by atoms with van der Waals surface area (Å²) in [6, 6.07) is 12.4. The Morgan fingerprint density at radius 2 is 1.75 bits per heavy atom. The van der Waals surface area contributed by atoms with Gasteiger partial charge >= 0.3 is 0 Å². The number of benzene rings is 2. The number of phenolic OH excluding ortho intramolecular Hbond substituents is 1. The van der Waals surface area contributed by atoms with Gasteiger partial charge in [-0.3, -0.25) is 0 Å². The van der Waals surface area contributed by atoms with Gasteiger partial charge in [0.05, 0.1) is 10.6 Å². The minimum absolute atomic E-state index is 0.0185. The van der Waals surface area contributed by atoms with Crippen molar-refractivity contribution in [3.63, 3.8) is 0 Å². The molecule has 100 valence electrons. The maximum Gasteiger partial charge on any atom is 0.135 e. The molecule has 2 aromatic rings. The topological polar surface area (TPSA) is 37.3 Å². The zero-order chi connectivity index (χ0) is 14.5. The Hall–Kier alpha value is -1.99. The van der Waals surface area contributed by atoms with Gasteiger partial charge in [-0.05, 0) is 23.8 Å². The molecule has 0 saturated heterocycles. The highest BCUT2D eigenvalue weighted by atomic mass is 35.5. The molecule has 0 fully saturated rings. The molecule has 2 nitrogen and oxygen atoms in total. The van der Waals surface area contributed by atoms with Gasteiger partial charge < -0.3 is 5.11 Å². The Balaban J connectivity index is 2.38. The molecule has 20 heavy (non-hydrogen) atoms. The lowest BCUT2D eigenvalue weighted by Gasteiger charge is -2.05. The van der Waals surface area contributed by atoms with E-state index >= 15 is 0 Å². The standard InChI is InChI=1S/C16H10Cl2O2/c17-15-13(8-9-14(20)16(15)18)12(10-19)7-6-11-4-2-1-3-5-11/h1-9,20H/b7-6+. The highest BCUT2D eigenvalue weighted by molar-refractivity contribution is 6.44. The molecule has 1 N–H and O–H groups in total. The Bertz CT molecular complexity index is 700. The zero-order valence-corrected chi connectivity index (χ0v) is 11.8. The summed E-state index contributed by atoms with van der Waals surface area (Å²) < 4.78 is 0. The first kappa shape index (κ1) is 14.4. The van der Waals surface area contributed by atoms with Crippen LogP contribution < -0.4 is 0 Å². The third-order valence-corrected chi connectivity index (χ3v) is 3.58. The van der Waals surface area contributed by atoms with Crippen molar-refractivity contribution in [2.75, 3.05) is 0 Å². The molecular weight excluding hydrogens is 295 g/mol. The van der Waals surface area contributed by atoms with Crippen molar-refractivity contribution in [3.8, 4) is 5.75 Å². The summed E-state index contributed by atoms with van der Waals surface area (Å²) in [5, 5.41) is 9.59. The Morgan fingerprint density at radius 3 is 2.40 bits per heavy atom. The fourth-order valence-corrected chi connectivity index (χ4v) is 2.10. The van der Waals surface area contributed by atoms with E-state index in [9.17, 15) is 9.90 Å². The van der Waals surface area contributed by atoms with Crippen LogP contribution >= 0.6 is 23.2 Å². The summed E-state index contributed by atoms with van der Waals surface area (Å²) in [5.41, 5.74) is 1.64. The van der Waals surface area contributed by atoms with Crippen LogP contribution in [-0.4, -0.2) is 11.0 Å². The van der Waals surface area contributed by atoms with E-state index in [4.69, 9.17) is 23.2 Å². The second-order valence-electron chi connectivity index (χ2n) is 4.02. The van der Waals surface area contributed by atoms with Crippen LogP contribution in [0.5, 0.6) is 5.75 Å². The van der Waals surface area contributed by atoms with E-state index in [-0.39, 0.29) is 21.4 Å². The van der Waals surface area contributed by atoms with Gasteiger partial charge in [0.15, 0.2) is 0 Å². The van der Waals surface area contributed by atoms with Crippen molar-refractivity contribution in [2.45, 2.75) is 0 Å². The maximum absolute atomic E-state index is 11.1. The summed E-state index contributed by atoms with van der Waals surface area (Å²) in [6.07, 6.45) is 3.38. The van der Waals surface area contributed by atoms with Crippen LogP contribution in [0.3, 0.4) is 0 Å². The van der Waals surface area contributed by atoms with E-state index in [0.29, 0.717) is 5.56 Å². The third kappa shape index (κ3) is 3.12. The molecular formula is C16H10Cl2O2. The number of allylic oxidation sites excluding steroid dienone is 2. The monoisotopic (exact) mass is 304 g/mol. The quantitative estimate of drug-likeness (QED) is 0.663. The SMILES string of the molecule is O=C=C(/C=C/c1ccccc1)c1ccc(O)c(Cl)c1Cl. The Kier molecular flexibility index (Phi) is 4.65. The van der Waals surface area contributed by atoms with E-state index in [0.717, 1.165) is 5.56 Å². The lowest BCUT2D eigenvalue weighted by molar-refractivity contribution is 0.475. The van der Waals surface area contributed by atoms with Gasteiger partial charge in [0.25, 0.3) is 0 Å². The molecule has 0 aliphatic carbocycles. The summed E-state index contributed by atoms with van der Waals surface area (Å²) >= 11 is 11.9. The number of rotatable bonds is 3. The van der Waals surface area contributed by atoms with Gasteiger partial charge in [0.1, 0.15) is 16.7 Å². The summed E-state index contributed by atoms with van der Waals surface area (Å²) in [5.74, 6) is 1.70. The van der Waals surface area contributed by atoms with Crippen LogP contribution in [-0.2, 0) is 4.79 Å². The molecule has 2 rings (SSSR count). The number of hydrogen-bond acceptors (Lipinski definition) is 2. The first-order valence-electron chi connectivity index (χ1n) is 5.79. The van der Waals surface area contributed by atoms with Crippen molar-refractivity contribution >= 4 is 40.8 Å². The van der Waals surface area contributed by atoms with Crippen molar-refractivity contribution < 1.29 is 9.90 Å². The molecule has 0 saturated carbocycles. The first-order chi connectivity index (χ1) is 9.63. The molecule has 0 heterocycles. The maximum atomic E-state index is 11.1. The largest absolute Gasteiger partial charge is 0.506 e. The van der Waals surface area contributed by atoms with E-state index in [2.05, 4.69) is 0 Å². The van der Waals surface area contributed by atoms with Gasteiger partial charge in [-0.15, -0.1) is 0 Å². The molecule has 0 aliphatic heterocycles. The summed E-state index contributed by atoms with van der Waals surface area (Å²) in [4.78, 5) is 11.1. The average molecular weight is 305 g/mol. The molecule has 2 aromatic carbocycles. The number of aromatic hydroxyl groups is 1. The fraction of sp³-hybridized carbons (Fsp3) is 0. The van der Waals surface area contributed by atoms with E-state index in [1.165, 1.54) is 12.1 Å². The zero-order valence-electron chi connectivity index (χ0n) is 10.3. The van der Waals surface area contributed by atoms with Crippen molar-refractivity contribution in [2.24, 2.45) is 0 Å². The van der Waals surface area contributed by atoms with Gasteiger partial charge in [0.2, 0.25) is 0 Å². The second-order valence-corrected chi connectivity index (χ2v) is 4.78. The first-order valence-corrected chi connectivity index (χ1v) is 6.54. The van der Waals surface area contributed by atoms with Crippen LogP contribution in [0, 0.1) is 0 Å². The lowest BCUT2D eigenvalue weighted by atomic mass is 10.1. The molecule has 0 aliphatic rings. The minimum Gasteiger partial charge on any atom is -0.506 e. The minimum atomic E-state index is -0.127. The van der Waals surface area contributed by atoms with Gasteiger partial charge in [-0.25, -0.2) is 4.79 Å². The molecule has 0 amide bonds. The van der Waals surface area contributed by atoms with Crippen molar-refractivity contribution in [1.82, 2.24) is 0 Å². The van der Waals surface area contributed by atoms with Crippen LogP contribution in [0.15, 0.2) is 48.5 Å². The highest BCUT2D eigenvalue weighted by Crippen LogP contribution is 2.36. The van der Waals surface area contributed by atoms with Crippen LogP contribution in [0.1, 0.15) is 11.1 Å². The lowest BCUT2D eigenvalue weighted by Crippen LogP contribution is -1.85. The summed E-state index contributed by atoms with van der Waals surface area (Å²) in [6.45, 7) is 0. The fourth-order valence-electron chi connectivity index (χ4n) is 1.67. The normalized spacial score (nSPS) is 10.5. The van der Waals surface area contributed by atoms with E-state index in [1.807, 2.05) is 36.3 Å². The van der Waals surface area contributed by atoms with E-state index in [1.54, 1.807) is 12.2 Å². The molecule has 4 heteroatoms. The molecule has 0 bridgehead atoms. The highest BCUT2D eigenvalue weighted by Gasteiger charge is 2.12. The Morgan fingerprint density at radius 1 is 1.05 bits per heavy atom. The van der Waals surface area contributed by atoms with Crippen LogP contribution in [0.25, 0.3) is 11.6 Å². The van der Waals surface area contributed by atoms with Crippen LogP contribution in [0.4, 0.5) is 0 Å². The van der Waals surface area contributed by atoms with Gasteiger partial charge in [0, 0.05) is 5.56 Å². The number of halogens is 2. The number of phenols is 1. The third-order valence-electron chi connectivity index (χ3n) is 2.70. The molecule has 0 spiro atoms. The van der Waals surface area contributed by atoms with Crippen LogP contribution in [0.2, 0.25) is 10.0 Å².